The number of aromatic carboxylic acids is 1. The van der Waals surface area contributed by atoms with Gasteiger partial charge in [-0.2, -0.15) is 0 Å². The number of hydrogen-bond donors (Lipinski definition) is 5. The van der Waals surface area contributed by atoms with E-state index in [1.54, 1.807) is 24.3 Å². The molecule has 304 valence electrons. The van der Waals surface area contributed by atoms with Crippen molar-refractivity contribution in [3.63, 3.8) is 0 Å². The minimum atomic E-state index is -1.24. The number of carboxylic acids is 1. The number of aromatic nitrogens is 1. The standard InChI is InChI=1S/C47H39Br2N3O8/c1-2-33(59-34-5-3-4-29(21-34)51-24-32(55)25-52-41-14-7-27(48)19-38(41)39-20-28(49)8-15-42(39)52)16-17-50-46(56)26-6-11-35(40(18-26)47(57)58)45-36-12-9-30(53)22-43(36)60-44-23-31(54)10-13-37(44)45/h3-15,18-23,32-33,51,53,55H,2,16-17,24-25H2,1H3,(H,50,56)(H,57,58). The van der Waals surface area contributed by atoms with Crippen molar-refractivity contribution in [2.45, 2.75) is 38.5 Å². The van der Waals surface area contributed by atoms with Gasteiger partial charge in [-0.1, -0.05) is 50.9 Å². The van der Waals surface area contributed by atoms with Gasteiger partial charge in [0.2, 0.25) is 0 Å². The van der Waals surface area contributed by atoms with Gasteiger partial charge in [-0.3, -0.25) is 9.59 Å². The molecule has 1 amide bonds. The Morgan fingerprint density at radius 2 is 1.57 bits per heavy atom. The fourth-order valence-electron chi connectivity index (χ4n) is 7.65. The van der Waals surface area contributed by atoms with Crippen LogP contribution in [0.25, 0.3) is 55.2 Å². The largest absolute Gasteiger partial charge is 0.508 e. The number of ether oxygens (including phenoxy) is 1. The van der Waals surface area contributed by atoms with E-state index in [0.29, 0.717) is 53.8 Å². The summed E-state index contributed by atoms with van der Waals surface area (Å²) in [4.78, 5) is 38.2. The average Bonchev–Trinajstić information content (AvgIpc) is 3.52. The number of aliphatic hydroxyl groups is 1. The van der Waals surface area contributed by atoms with Crippen LogP contribution >= 0.6 is 31.9 Å². The van der Waals surface area contributed by atoms with E-state index < -0.39 is 18.0 Å². The summed E-state index contributed by atoms with van der Waals surface area (Å²) >= 11 is 7.18. The SMILES string of the molecule is CCC(CCNC(=O)c1ccc(-c2c3ccc(=O)cc-3oc3cc(O)ccc23)c(C(=O)O)c1)Oc1cccc(NCC(O)Cn2c3ccc(Br)cc3c3cc(Br)ccc32)c1. The van der Waals surface area contributed by atoms with Crippen LogP contribution in [-0.2, 0) is 6.54 Å². The number of hydrogen-bond acceptors (Lipinski definition) is 8. The summed E-state index contributed by atoms with van der Waals surface area (Å²) < 4.78 is 16.3. The van der Waals surface area contributed by atoms with Crippen molar-refractivity contribution in [2.75, 3.05) is 18.4 Å². The van der Waals surface area contributed by atoms with E-state index in [1.165, 1.54) is 30.3 Å². The zero-order valence-corrected chi connectivity index (χ0v) is 35.4. The van der Waals surface area contributed by atoms with Gasteiger partial charge in [-0.05, 0) is 96.9 Å². The summed E-state index contributed by atoms with van der Waals surface area (Å²) in [5.74, 6) is -0.856. The first-order valence-corrected chi connectivity index (χ1v) is 21.0. The van der Waals surface area contributed by atoms with Gasteiger partial charge < -0.3 is 39.7 Å². The van der Waals surface area contributed by atoms with E-state index in [0.717, 1.165) is 36.4 Å². The van der Waals surface area contributed by atoms with Gasteiger partial charge in [-0.15, -0.1) is 0 Å². The molecule has 6 aromatic rings. The van der Waals surface area contributed by atoms with E-state index in [-0.39, 0.29) is 46.3 Å². The first-order valence-electron chi connectivity index (χ1n) is 19.4. The third-order valence-electron chi connectivity index (χ3n) is 10.5. The van der Waals surface area contributed by atoms with Gasteiger partial charge in [0.15, 0.2) is 5.43 Å². The highest BCUT2D eigenvalue weighted by atomic mass is 79.9. The van der Waals surface area contributed by atoms with Crippen LogP contribution in [-0.4, -0.2) is 57.1 Å². The van der Waals surface area contributed by atoms with E-state index in [4.69, 9.17) is 9.15 Å². The fraction of sp³-hybridized carbons (Fsp3) is 0.170. The van der Waals surface area contributed by atoms with Gasteiger partial charge in [0, 0.05) is 96.2 Å². The summed E-state index contributed by atoms with van der Waals surface area (Å²) in [6.45, 7) is 2.98. The Kier molecular flexibility index (Phi) is 11.7. The molecule has 2 aliphatic rings. The number of carbonyl (C=O) groups is 2. The highest BCUT2D eigenvalue weighted by Crippen LogP contribution is 2.42. The number of rotatable bonds is 14. The summed E-state index contributed by atoms with van der Waals surface area (Å²) in [6, 6.07) is 33.1. The lowest BCUT2D eigenvalue weighted by Crippen LogP contribution is -2.29. The first kappa shape index (κ1) is 40.6. The molecule has 1 aliphatic heterocycles. The number of benzene rings is 6. The van der Waals surface area contributed by atoms with E-state index in [1.807, 2.05) is 43.3 Å². The molecule has 0 fully saturated rings. The minimum absolute atomic E-state index is 0.0524. The molecule has 0 bridgehead atoms. The van der Waals surface area contributed by atoms with Gasteiger partial charge >= 0.3 is 5.97 Å². The third-order valence-corrected chi connectivity index (χ3v) is 11.5. The monoisotopic (exact) mass is 931 g/mol. The number of fused-ring (bicyclic) bond motifs is 5. The Hall–Kier alpha value is -6.15. The highest BCUT2D eigenvalue weighted by Gasteiger charge is 2.24. The van der Waals surface area contributed by atoms with Crippen LogP contribution in [0.5, 0.6) is 11.5 Å². The zero-order chi connectivity index (χ0) is 42.1. The van der Waals surface area contributed by atoms with Crippen LogP contribution in [0.3, 0.4) is 0 Å². The first-order chi connectivity index (χ1) is 28.9. The lowest BCUT2D eigenvalue weighted by atomic mass is 9.90. The maximum Gasteiger partial charge on any atom is 0.336 e. The predicted octanol–water partition coefficient (Wildman–Crippen LogP) is 10.1. The smallest absolute Gasteiger partial charge is 0.336 e. The lowest BCUT2D eigenvalue weighted by molar-refractivity contribution is 0.0697. The number of amides is 1. The molecule has 13 heteroatoms. The van der Waals surface area contributed by atoms with Crippen LogP contribution in [0, 0.1) is 0 Å². The number of phenolic OH excluding ortho intramolecular Hbond substituents is 1. The number of aliphatic hydroxyl groups excluding tert-OH is 1. The second-order valence-electron chi connectivity index (χ2n) is 14.6. The number of carbonyl (C=O) groups excluding carboxylic acids is 1. The molecule has 0 radical (unpaired) electrons. The zero-order valence-electron chi connectivity index (χ0n) is 32.2. The minimum Gasteiger partial charge on any atom is -0.508 e. The van der Waals surface area contributed by atoms with E-state index in [2.05, 4.69) is 71.3 Å². The van der Waals surface area contributed by atoms with Gasteiger partial charge in [0.25, 0.3) is 5.91 Å². The molecule has 5 N–H and O–H groups in total. The molecule has 2 atom stereocenters. The van der Waals surface area contributed by atoms with Crippen LogP contribution in [0.1, 0.15) is 40.5 Å². The van der Waals surface area contributed by atoms with Crippen molar-refractivity contribution in [2.24, 2.45) is 0 Å². The summed E-state index contributed by atoms with van der Waals surface area (Å²) in [7, 11) is 0. The van der Waals surface area contributed by atoms with Gasteiger partial charge in [0.05, 0.1) is 18.2 Å². The van der Waals surface area contributed by atoms with Crippen molar-refractivity contribution in [3.8, 4) is 33.9 Å². The molecular weight excluding hydrogens is 894 g/mol. The Bertz CT molecular complexity index is 2900. The molecule has 0 spiro atoms. The topological polar surface area (TPSA) is 163 Å². The van der Waals surface area contributed by atoms with Crippen molar-refractivity contribution in [1.82, 2.24) is 9.88 Å². The summed E-state index contributed by atoms with van der Waals surface area (Å²) in [5, 5.41) is 40.6. The molecule has 1 aromatic heterocycles. The normalized spacial score (nSPS) is 12.5. The quantitative estimate of drug-likeness (QED) is 0.0668. The number of nitrogens with zero attached hydrogens (tertiary/aromatic N) is 1. The van der Waals surface area contributed by atoms with Crippen molar-refractivity contribution >= 4 is 82.2 Å². The average molecular weight is 934 g/mol. The van der Waals surface area contributed by atoms with E-state index in [9.17, 15) is 29.7 Å². The molecule has 2 unspecified atom stereocenters. The van der Waals surface area contributed by atoms with Crippen LogP contribution in [0.4, 0.5) is 5.69 Å². The molecule has 5 aromatic carbocycles. The van der Waals surface area contributed by atoms with Crippen molar-refractivity contribution in [1.29, 1.82) is 0 Å². The number of anilines is 1. The molecule has 8 rings (SSSR count). The van der Waals surface area contributed by atoms with Gasteiger partial charge in [-0.25, -0.2) is 4.79 Å². The number of phenols is 1. The van der Waals surface area contributed by atoms with Crippen LogP contribution < -0.4 is 20.8 Å². The Morgan fingerprint density at radius 3 is 2.28 bits per heavy atom. The molecule has 60 heavy (non-hydrogen) atoms. The third kappa shape index (κ3) is 8.46. The summed E-state index contributed by atoms with van der Waals surface area (Å²) in [5.41, 5.74) is 4.24. The maximum atomic E-state index is 13.4. The number of carboxylic acid groups (broad SMARTS) is 1. The lowest BCUT2D eigenvalue weighted by Gasteiger charge is -2.20. The fourth-order valence-corrected chi connectivity index (χ4v) is 8.38. The Morgan fingerprint density at radius 1 is 0.833 bits per heavy atom. The number of aromatic hydroxyl groups is 1. The van der Waals surface area contributed by atoms with Crippen LogP contribution in [0.2, 0.25) is 0 Å². The number of nitrogens with one attached hydrogen (secondary N) is 2. The molecule has 11 nitrogen and oxygen atoms in total. The Labute approximate surface area is 360 Å². The predicted molar refractivity (Wildman–Crippen MR) is 241 cm³/mol. The maximum absolute atomic E-state index is 13.4. The highest BCUT2D eigenvalue weighted by molar-refractivity contribution is 9.10. The Balaban J connectivity index is 0.905. The number of halogens is 2. The van der Waals surface area contributed by atoms with Crippen LogP contribution in [0.15, 0.2) is 133 Å². The van der Waals surface area contributed by atoms with Crippen molar-refractivity contribution < 1.29 is 34.1 Å². The molecule has 2 heterocycles. The molecule has 0 saturated carbocycles. The molecule has 0 saturated heterocycles. The molecular formula is C47H39Br2N3O8. The molecule has 1 aliphatic carbocycles. The second-order valence-corrected chi connectivity index (χ2v) is 16.4. The van der Waals surface area contributed by atoms with E-state index >= 15 is 0 Å². The van der Waals surface area contributed by atoms with Gasteiger partial charge in [0.1, 0.15) is 28.9 Å². The summed E-state index contributed by atoms with van der Waals surface area (Å²) in [6.07, 6.45) is 0.257. The second kappa shape index (κ2) is 17.2. The van der Waals surface area contributed by atoms with Crippen molar-refractivity contribution in [3.05, 3.63) is 146 Å².